The van der Waals surface area contributed by atoms with Crippen molar-refractivity contribution >= 4 is 15.7 Å². The first kappa shape index (κ1) is 17.4. The van der Waals surface area contributed by atoms with Crippen molar-refractivity contribution in [3.8, 4) is 0 Å². The normalized spacial score (nSPS) is 20.9. The first-order valence-corrected chi connectivity index (χ1v) is 10.1. The average molecular weight is 350 g/mol. The van der Waals surface area contributed by atoms with Gasteiger partial charge >= 0.3 is 0 Å². The summed E-state index contributed by atoms with van der Waals surface area (Å²) in [5.41, 5.74) is 0.786. The van der Waals surface area contributed by atoms with Crippen molar-refractivity contribution in [2.75, 3.05) is 50.7 Å². The molecule has 0 atom stereocenters. The minimum Gasteiger partial charge on any atom is -0.368 e. The monoisotopic (exact) mass is 350 g/mol. The number of hydrogen-bond acceptors (Lipinski definition) is 5. The molecular weight excluding hydrogens is 324 g/mol. The van der Waals surface area contributed by atoms with Crippen LogP contribution in [-0.2, 0) is 10.0 Å². The molecule has 24 heavy (non-hydrogen) atoms. The van der Waals surface area contributed by atoms with Gasteiger partial charge in [0, 0.05) is 58.2 Å². The highest BCUT2D eigenvalue weighted by molar-refractivity contribution is 7.89. The molecule has 2 saturated heterocycles. The second kappa shape index (κ2) is 7.63. The van der Waals surface area contributed by atoms with Crippen LogP contribution in [0.5, 0.6) is 0 Å². The van der Waals surface area contributed by atoms with Crippen LogP contribution in [-0.4, -0.2) is 68.4 Å². The molecule has 0 aliphatic carbocycles. The SMILES string of the molecule is C=CCN1CCN(c2ccncc2S(=O)(=O)N2CCCCC2)CC1. The predicted molar refractivity (Wildman–Crippen MR) is 95.7 cm³/mol. The van der Waals surface area contributed by atoms with Gasteiger partial charge < -0.3 is 4.90 Å². The number of nitrogens with zero attached hydrogens (tertiary/aromatic N) is 4. The van der Waals surface area contributed by atoms with Gasteiger partial charge in [0.05, 0.1) is 5.69 Å². The standard InChI is InChI=1S/C17H26N4O2S/c1-2-8-19-11-13-20(14-12-19)16-6-7-18-15-17(16)24(22,23)21-9-4-3-5-10-21/h2,6-7,15H,1,3-5,8-14H2. The van der Waals surface area contributed by atoms with E-state index in [0.717, 1.165) is 57.7 Å². The molecule has 2 aliphatic rings. The summed E-state index contributed by atoms with van der Waals surface area (Å²) in [6, 6.07) is 1.83. The van der Waals surface area contributed by atoms with Crippen LogP contribution in [0.15, 0.2) is 36.0 Å². The third-order valence-electron chi connectivity index (χ3n) is 4.80. The Balaban J connectivity index is 1.82. The lowest BCUT2D eigenvalue weighted by atomic mass is 10.2. The largest absolute Gasteiger partial charge is 0.368 e. The number of sulfonamides is 1. The Kier molecular flexibility index (Phi) is 5.53. The van der Waals surface area contributed by atoms with Crippen molar-refractivity contribution < 1.29 is 8.42 Å². The summed E-state index contributed by atoms with van der Waals surface area (Å²) in [6.07, 6.45) is 8.09. The lowest BCUT2D eigenvalue weighted by molar-refractivity contribution is 0.283. The fourth-order valence-electron chi connectivity index (χ4n) is 3.43. The quantitative estimate of drug-likeness (QED) is 0.755. The molecule has 0 saturated carbocycles. The summed E-state index contributed by atoms with van der Waals surface area (Å²) in [6.45, 7) is 9.36. The molecule has 3 heterocycles. The van der Waals surface area contributed by atoms with E-state index in [2.05, 4.69) is 21.4 Å². The van der Waals surface area contributed by atoms with Crippen LogP contribution in [0.4, 0.5) is 5.69 Å². The summed E-state index contributed by atoms with van der Waals surface area (Å²) in [4.78, 5) is 8.93. The van der Waals surface area contributed by atoms with E-state index in [1.54, 1.807) is 10.5 Å². The number of piperazine rings is 1. The topological polar surface area (TPSA) is 56.8 Å². The molecule has 6 nitrogen and oxygen atoms in total. The van der Waals surface area contributed by atoms with Crippen molar-refractivity contribution in [3.05, 3.63) is 31.1 Å². The maximum atomic E-state index is 13.1. The van der Waals surface area contributed by atoms with E-state index < -0.39 is 10.0 Å². The fourth-order valence-corrected chi connectivity index (χ4v) is 5.10. The predicted octanol–water partition coefficient (Wildman–Crippen LogP) is 1.56. The molecule has 132 valence electrons. The number of piperidine rings is 1. The highest BCUT2D eigenvalue weighted by atomic mass is 32.2. The molecule has 0 unspecified atom stereocenters. The zero-order valence-corrected chi connectivity index (χ0v) is 14.9. The molecule has 2 aliphatic heterocycles. The van der Waals surface area contributed by atoms with Crippen molar-refractivity contribution in [1.82, 2.24) is 14.2 Å². The number of anilines is 1. The lowest BCUT2D eigenvalue weighted by Gasteiger charge is -2.36. The van der Waals surface area contributed by atoms with Crippen LogP contribution >= 0.6 is 0 Å². The zero-order valence-electron chi connectivity index (χ0n) is 14.1. The van der Waals surface area contributed by atoms with Crippen LogP contribution in [0.3, 0.4) is 0 Å². The Labute approximate surface area is 144 Å². The second-order valence-electron chi connectivity index (χ2n) is 6.38. The van der Waals surface area contributed by atoms with Gasteiger partial charge in [-0.1, -0.05) is 12.5 Å². The minimum atomic E-state index is -3.47. The van der Waals surface area contributed by atoms with Gasteiger partial charge in [-0.3, -0.25) is 9.88 Å². The number of rotatable bonds is 5. The Bertz CT molecular complexity index is 663. The van der Waals surface area contributed by atoms with Crippen molar-refractivity contribution in [3.63, 3.8) is 0 Å². The van der Waals surface area contributed by atoms with E-state index in [1.165, 1.54) is 6.20 Å². The van der Waals surface area contributed by atoms with Gasteiger partial charge in [-0.2, -0.15) is 4.31 Å². The minimum absolute atomic E-state index is 0.351. The van der Waals surface area contributed by atoms with Gasteiger partial charge in [0.25, 0.3) is 0 Å². The molecule has 0 spiro atoms. The Hall–Kier alpha value is -1.44. The zero-order chi connectivity index (χ0) is 17.0. The third-order valence-corrected chi connectivity index (χ3v) is 6.71. The van der Waals surface area contributed by atoms with Crippen molar-refractivity contribution in [1.29, 1.82) is 0 Å². The van der Waals surface area contributed by atoms with Gasteiger partial charge in [-0.25, -0.2) is 8.42 Å². The maximum Gasteiger partial charge on any atom is 0.246 e. The molecule has 0 radical (unpaired) electrons. The van der Waals surface area contributed by atoms with Crippen LogP contribution in [0.2, 0.25) is 0 Å². The average Bonchev–Trinajstić information content (AvgIpc) is 2.63. The molecule has 1 aromatic heterocycles. The molecule has 1 aromatic rings. The van der Waals surface area contributed by atoms with Crippen LogP contribution in [0.25, 0.3) is 0 Å². The smallest absolute Gasteiger partial charge is 0.246 e. The van der Waals surface area contributed by atoms with E-state index in [9.17, 15) is 8.42 Å². The van der Waals surface area contributed by atoms with Gasteiger partial charge in [0.1, 0.15) is 4.90 Å². The maximum absolute atomic E-state index is 13.1. The van der Waals surface area contributed by atoms with E-state index in [1.807, 2.05) is 12.1 Å². The molecular formula is C17H26N4O2S. The lowest BCUT2D eigenvalue weighted by Crippen LogP contribution is -2.47. The molecule has 0 bridgehead atoms. The van der Waals surface area contributed by atoms with Gasteiger partial charge in [0.2, 0.25) is 10.0 Å². The van der Waals surface area contributed by atoms with E-state index >= 15 is 0 Å². The van der Waals surface area contributed by atoms with Crippen LogP contribution in [0.1, 0.15) is 19.3 Å². The van der Waals surface area contributed by atoms with E-state index in [0.29, 0.717) is 18.0 Å². The van der Waals surface area contributed by atoms with Gasteiger partial charge in [-0.15, -0.1) is 6.58 Å². The third kappa shape index (κ3) is 3.63. The Morgan fingerprint density at radius 3 is 2.46 bits per heavy atom. The van der Waals surface area contributed by atoms with Gasteiger partial charge in [0.15, 0.2) is 0 Å². The fraction of sp³-hybridized carbons (Fsp3) is 0.588. The van der Waals surface area contributed by atoms with Gasteiger partial charge in [-0.05, 0) is 18.9 Å². The summed E-state index contributed by atoms with van der Waals surface area (Å²) in [5.74, 6) is 0. The number of hydrogen-bond donors (Lipinski definition) is 0. The first-order chi connectivity index (χ1) is 11.6. The molecule has 0 aromatic carbocycles. The molecule has 2 fully saturated rings. The summed E-state index contributed by atoms with van der Waals surface area (Å²) >= 11 is 0. The van der Waals surface area contributed by atoms with Crippen molar-refractivity contribution in [2.45, 2.75) is 24.2 Å². The number of pyridine rings is 1. The number of aromatic nitrogens is 1. The van der Waals surface area contributed by atoms with E-state index in [-0.39, 0.29) is 0 Å². The first-order valence-electron chi connectivity index (χ1n) is 8.65. The molecule has 0 amide bonds. The highest BCUT2D eigenvalue weighted by Crippen LogP contribution is 2.29. The summed E-state index contributed by atoms with van der Waals surface area (Å²) in [7, 11) is -3.47. The van der Waals surface area contributed by atoms with E-state index in [4.69, 9.17) is 0 Å². The van der Waals surface area contributed by atoms with Crippen molar-refractivity contribution in [2.24, 2.45) is 0 Å². The molecule has 7 heteroatoms. The van der Waals surface area contributed by atoms with Crippen LogP contribution < -0.4 is 4.90 Å². The molecule has 0 N–H and O–H groups in total. The highest BCUT2D eigenvalue weighted by Gasteiger charge is 2.30. The summed E-state index contributed by atoms with van der Waals surface area (Å²) < 4.78 is 27.7. The Morgan fingerprint density at radius 1 is 1.08 bits per heavy atom. The second-order valence-corrected chi connectivity index (χ2v) is 8.29. The molecule has 3 rings (SSSR count). The summed E-state index contributed by atoms with van der Waals surface area (Å²) in [5, 5.41) is 0. The Morgan fingerprint density at radius 2 is 1.79 bits per heavy atom. The van der Waals surface area contributed by atoms with Crippen LogP contribution in [0, 0.1) is 0 Å².